The molecule has 1 aromatic heterocycles. The third-order valence-corrected chi connectivity index (χ3v) is 4.16. The molecule has 0 fully saturated rings. The van der Waals surface area contributed by atoms with Crippen LogP contribution in [0.25, 0.3) is 11.4 Å². The van der Waals surface area contributed by atoms with Crippen LogP contribution in [0.15, 0.2) is 21.1 Å². The summed E-state index contributed by atoms with van der Waals surface area (Å²) in [5.74, 6) is 0.947. The van der Waals surface area contributed by atoms with Crippen molar-refractivity contribution in [1.82, 2.24) is 10.1 Å². The number of aryl methyl sites for hydroxylation is 2. The Hall–Kier alpha value is -1.24. The first-order chi connectivity index (χ1) is 9.06. The van der Waals surface area contributed by atoms with Gasteiger partial charge in [-0.25, -0.2) is 0 Å². The molecule has 0 aliphatic heterocycles. The van der Waals surface area contributed by atoms with E-state index in [1.807, 2.05) is 26.0 Å². The molecule has 2 aromatic rings. The number of methoxy groups -OCH3 is 1. The molecule has 2 rings (SSSR count). The van der Waals surface area contributed by atoms with Crippen molar-refractivity contribution in [2.75, 3.05) is 13.7 Å². The van der Waals surface area contributed by atoms with Crippen molar-refractivity contribution >= 4 is 15.9 Å². The highest BCUT2D eigenvalue weighted by molar-refractivity contribution is 9.10. The van der Waals surface area contributed by atoms with Crippen LogP contribution in [0, 0.1) is 13.8 Å². The zero-order valence-corrected chi connectivity index (χ0v) is 12.7. The Balaban J connectivity index is 2.38. The number of ether oxygens (including phenoxy) is 1. The molecule has 0 radical (unpaired) electrons. The van der Waals surface area contributed by atoms with Crippen molar-refractivity contribution in [3.05, 3.63) is 33.6 Å². The lowest BCUT2D eigenvalue weighted by Gasteiger charge is -2.06. The van der Waals surface area contributed by atoms with Crippen LogP contribution in [-0.2, 0) is 4.74 Å². The summed E-state index contributed by atoms with van der Waals surface area (Å²) >= 11 is 3.54. The number of aromatic nitrogens is 2. The van der Waals surface area contributed by atoms with E-state index in [2.05, 4.69) is 26.1 Å². The zero-order valence-electron chi connectivity index (χ0n) is 11.1. The van der Waals surface area contributed by atoms with Crippen molar-refractivity contribution < 1.29 is 9.26 Å². The Morgan fingerprint density at radius 3 is 2.53 bits per heavy atom. The molecule has 19 heavy (non-hydrogen) atoms. The molecule has 1 atom stereocenters. The van der Waals surface area contributed by atoms with Gasteiger partial charge in [0.1, 0.15) is 6.10 Å². The second-order valence-electron chi connectivity index (χ2n) is 4.34. The van der Waals surface area contributed by atoms with Gasteiger partial charge in [0.05, 0.1) is 0 Å². The molecule has 1 unspecified atom stereocenters. The van der Waals surface area contributed by atoms with E-state index in [0.717, 1.165) is 21.2 Å². The van der Waals surface area contributed by atoms with Gasteiger partial charge in [0.2, 0.25) is 5.82 Å². The SMILES string of the molecule is COC(CN)c1nc(-c2cc(C)c(Br)c(C)c2)no1. The van der Waals surface area contributed by atoms with Gasteiger partial charge in [0, 0.05) is 23.7 Å². The van der Waals surface area contributed by atoms with Crippen LogP contribution in [0.1, 0.15) is 23.1 Å². The van der Waals surface area contributed by atoms with Gasteiger partial charge in [-0.1, -0.05) is 21.1 Å². The number of benzene rings is 1. The molecule has 1 heterocycles. The lowest BCUT2D eigenvalue weighted by Crippen LogP contribution is -2.14. The first-order valence-corrected chi connectivity index (χ1v) is 6.69. The van der Waals surface area contributed by atoms with Gasteiger partial charge in [-0.05, 0) is 37.1 Å². The van der Waals surface area contributed by atoms with Crippen molar-refractivity contribution in [1.29, 1.82) is 0 Å². The number of hydrogen-bond acceptors (Lipinski definition) is 5. The van der Waals surface area contributed by atoms with Gasteiger partial charge in [-0.2, -0.15) is 4.98 Å². The standard InChI is InChI=1S/C13H16BrN3O2/c1-7-4-9(5-8(2)11(7)14)12-16-13(19-17-12)10(6-15)18-3/h4-5,10H,6,15H2,1-3H3. The number of nitrogens with two attached hydrogens (primary N) is 1. The van der Waals surface area contributed by atoms with Crippen LogP contribution in [0.2, 0.25) is 0 Å². The van der Waals surface area contributed by atoms with Crippen LogP contribution < -0.4 is 5.73 Å². The number of halogens is 1. The summed E-state index contributed by atoms with van der Waals surface area (Å²) in [5.41, 5.74) is 8.75. The number of hydrogen-bond donors (Lipinski definition) is 1. The Labute approximate surface area is 120 Å². The Bertz CT molecular complexity index is 556. The zero-order chi connectivity index (χ0) is 14.0. The Morgan fingerprint density at radius 1 is 1.37 bits per heavy atom. The number of rotatable bonds is 4. The molecule has 0 saturated heterocycles. The molecule has 102 valence electrons. The minimum absolute atomic E-state index is 0.302. The van der Waals surface area contributed by atoms with Crippen LogP contribution in [-0.4, -0.2) is 23.8 Å². The summed E-state index contributed by atoms with van der Waals surface area (Å²) < 4.78 is 11.5. The van der Waals surface area contributed by atoms with Crippen molar-refractivity contribution in [3.63, 3.8) is 0 Å². The first-order valence-electron chi connectivity index (χ1n) is 5.90. The average Bonchev–Trinajstić information content (AvgIpc) is 2.86. The molecule has 2 N–H and O–H groups in total. The molecule has 1 aromatic carbocycles. The van der Waals surface area contributed by atoms with Crippen molar-refractivity contribution in [2.45, 2.75) is 20.0 Å². The first kappa shape index (κ1) is 14.2. The highest BCUT2D eigenvalue weighted by Crippen LogP contribution is 2.27. The average molecular weight is 326 g/mol. The fourth-order valence-electron chi connectivity index (χ4n) is 1.86. The lowest BCUT2D eigenvalue weighted by atomic mass is 10.1. The fourth-order valence-corrected chi connectivity index (χ4v) is 2.09. The Kier molecular flexibility index (Phi) is 4.34. The summed E-state index contributed by atoms with van der Waals surface area (Å²) in [6.45, 7) is 4.36. The minimum atomic E-state index is -0.362. The molecule has 0 bridgehead atoms. The summed E-state index contributed by atoms with van der Waals surface area (Å²) in [4.78, 5) is 4.34. The van der Waals surface area contributed by atoms with E-state index >= 15 is 0 Å². The second-order valence-corrected chi connectivity index (χ2v) is 5.13. The van der Waals surface area contributed by atoms with Gasteiger partial charge in [-0.3, -0.25) is 0 Å². The van der Waals surface area contributed by atoms with E-state index in [1.165, 1.54) is 0 Å². The van der Waals surface area contributed by atoms with Gasteiger partial charge >= 0.3 is 0 Å². The van der Waals surface area contributed by atoms with Crippen molar-refractivity contribution in [2.24, 2.45) is 5.73 Å². The van der Waals surface area contributed by atoms with E-state index in [1.54, 1.807) is 7.11 Å². The van der Waals surface area contributed by atoms with Crippen LogP contribution in [0.4, 0.5) is 0 Å². The molecule has 0 aliphatic rings. The minimum Gasteiger partial charge on any atom is -0.370 e. The van der Waals surface area contributed by atoms with E-state index in [-0.39, 0.29) is 6.10 Å². The smallest absolute Gasteiger partial charge is 0.257 e. The maximum absolute atomic E-state index is 5.57. The van der Waals surface area contributed by atoms with Gasteiger partial charge in [0.15, 0.2) is 0 Å². The highest BCUT2D eigenvalue weighted by atomic mass is 79.9. The van der Waals surface area contributed by atoms with Crippen LogP contribution in [0.3, 0.4) is 0 Å². The third kappa shape index (κ3) is 2.86. The molecule has 6 heteroatoms. The number of nitrogens with zero attached hydrogens (tertiary/aromatic N) is 2. The molecule has 0 amide bonds. The molecule has 0 spiro atoms. The van der Waals surface area contributed by atoms with Crippen LogP contribution >= 0.6 is 15.9 Å². The van der Waals surface area contributed by atoms with Crippen LogP contribution in [0.5, 0.6) is 0 Å². The predicted octanol–water partition coefficient (Wildman–Crippen LogP) is 2.76. The molecule has 5 nitrogen and oxygen atoms in total. The van der Waals surface area contributed by atoms with E-state index in [0.29, 0.717) is 18.3 Å². The topological polar surface area (TPSA) is 74.2 Å². The fraction of sp³-hybridized carbons (Fsp3) is 0.385. The quantitative estimate of drug-likeness (QED) is 0.935. The predicted molar refractivity (Wildman–Crippen MR) is 75.7 cm³/mol. The van der Waals surface area contributed by atoms with Gasteiger partial charge < -0.3 is 15.0 Å². The third-order valence-electron chi connectivity index (χ3n) is 2.91. The summed E-state index contributed by atoms with van der Waals surface area (Å²) in [6, 6.07) is 4.02. The molecule has 0 saturated carbocycles. The summed E-state index contributed by atoms with van der Waals surface area (Å²) in [6.07, 6.45) is -0.362. The van der Waals surface area contributed by atoms with E-state index in [4.69, 9.17) is 15.0 Å². The molecular weight excluding hydrogens is 310 g/mol. The molecular formula is C13H16BrN3O2. The lowest BCUT2D eigenvalue weighted by molar-refractivity contribution is 0.0804. The second kappa shape index (κ2) is 5.81. The van der Waals surface area contributed by atoms with Crippen molar-refractivity contribution in [3.8, 4) is 11.4 Å². The maximum Gasteiger partial charge on any atom is 0.257 e. The van der Waals surface area contributed by atoms with Gasteiger partial charge in [-0.15, -0.1) is 0 Å². The summed E-state index contributed by atoms with van der Waals surface area (Å²) in [7, 11) is 1.56. The summed E-state index contributed by atoms with van der Waals surface area (Å²) in [5, 5.41) is 3.98. The highest BCUT2D eigenvalue weighted by Gasteiger charge is 2.18. The molecule has 0 aliphatic carbocycles. The Morgan fingerprint density at radius 2 is 2.00 bits per heavy atom. The van der Waals surface area contributed by atoms with E-state index in [9.17, 15) is 0 Å². The largest absolute Gasteiger partial charge is 0.370 e. The monoisotopic (exact) mass is 325 g/mol. The normalized spacial score (nSPS) is 12.7. The van der Waals surface area contributed by atoms with E-state index < -0.39 is 0 Å². The maximum atomic E-state index is 5.57. The van der Waals surface area contributed by atoms with Gasteiger partial charge in [0.25, 0.3) is 5.89 Å².